The molecule has 0 bridgehead atoms. The van der Waals surface area contributed by atoms with Crippen molar-refractivity contribution in [1.82, 2.24) is 4.48 Å². The summed E-state index contributed by atoms with van der Waals surface area (Å²) in [5.41, 5.74) is 22.0. The van der Waals surface area contributed by atoms with Gasteiger partial charge in [-0.05, 0) is 111 Å². The smallest absolute Gasteiger partial charge is 0.333 e. The van der Waals surface area contributed by atoms with Crippen molar-refractivity contribution in [3.05, 3.63) is 149 Å². The van der Waals surface area contributed by atoms with Gasteiger partial charge in [-0.2, -0.15) is 0 Å². The number of hydrogen-bond donors (Lipinski definition) is 0. The van der Waals surface area contributed by atoms with E-state index in [1.54, 1.807) is 0 Å². The van der Waals surface area contributed by atoms with Crippen molar-refractivity contribution in [2.24, 2.45) is 0 Å². The molecule has 61 heavy (non-hydrogen) atoms. The predicted octanol–water partition coefficient (Wildman–Crippen LogP) is 14.3. The van der Waals surface area contributed by atoms with Gasteiger partial charge in [-0.15, -0.1) is 11.3 Å². The normalized spacial score (nSPS) is 17.3. The van der Waals surface area contributed by atoms with E-state index in [0.29, 0.717) is 0 Å². The van der Waals surface area contributed by atoms with E-state index >= 15 is 0 Å². The Hall–Kier alpha value is -6.04. The summed E-state index contributed by atoms with van der Waals surface area (Å²) in [6.45, 7) is 16.9. The van der Waals surface area contributed by atoms with Crippen LogP contribution >= 0.6 is 11.3 Å². The lowest BCUT2D eigenvalue weighted by atomic mass is 9.44. The maximum absolute atomic E-state index is 7.10. The van der Waals surface area contributed by atoms with Gasteiger partial charge in [-0.3, -0.25) is 0 Å². The van der Waals surface area contributed by atoms with Gasteiger partial charge in [-0.25, -0.2) is 0 Å². The first kappa shape index (κ1) is 34.7. The van der Waals surface area contributed by atoms with E-state index in [-0.39, 0.29) is 23.1 Å². The summed E-state index contributed by atoms with van der Waals surface area (Å²) in [5, 5.41) is 6.35. The molecule has 0 fully saturated rings. The van der Waals surface area contributed by atoms with E-state index in [9.17, 15) is 0 Å². The maximum atomic E-state index is 7.10. The Labute approximate surface area is 360 Å². The highest BCUT2D eigenvalue weighted by atomic mass is 32.1. The summed E-state index contributed by atoms with van der Waals surface area (Å²) in [6.07, 6.45) is 2.36. The standard InChI is InChI=1S/C56H45BN2OS/c1-30-25-40-41(55(4,5)24-23-54(40,2)3)29-43(30)58-44-26-36-31-15-8-11-20-38(31)56(6,7)39(36)28-42(44)57-50-45(58)27-37-32-16-9-12-21-46(32)60-52(37)49(50)35-19-14-18-34-48-33-17-10-13-22-47(33)61-53(48)59(57)51(34)35/h8-22,25-29H,23-24H2,1-7H3. The molecule has 0 atom stereocenters. The van der Waals surface area contributed by atoms with E-state index in [0.717, 1.165) is 16.6 Å². The number of hydrogen-bond acceptors (Lipinski definition) is 3. The largest absolute Gasteiger partial charge is 0.455 e. The fraction of sp³-hybridized carbons (Fsp3) is 0.214. The molecule has 3 nitrogen and oxygen atoms in total. The number of fused-ring (bicyclic) bond motifs is 17. The van der Waals surface area contributed by atoms with Crippen LogP contribution in [0.25, 0.3) is 75.4 Å². The first-order chi connectivity index (χ1) is 29.4. The third kappa shape index (κ3) is 4.12. The topological polar surface area (TPSA) is 21.3 Å². The van der Waals surface area contributed by atoms with E-state index in [1.165, 1.54) is 127 Å². The third-order valence-corrected chi connectivity index (χ3v) is 16.9. The van der Waals surface area contributed by atoms with Crippen molar-refractivity contribution in [2.45, 2.75) is 77.6 Å². The molecule has 0 N–H and O–H groups in total. The van der Waals surface area contributed by atoms with E-state index in [1.807, 2.05) is 11.3 Å². The number of anilines is 3. The minimum absolute atomic E-state index is 0.0575. The number of para-hydroxylation sites is 2. The minimum atomic E-state index is -0.152. The lowest BCUT2D eigenvalue weighted by Gasteiger charge is -2.45. The SMILES string of the molecule is Cc1cc2c(cc1N1c3cc4c(cc3B3c5c1cc1c(oc6ccccc61)c5-c1cccc5c6c7ccccc7sc6n3c15)C(C)(C)c1ccccc1-4)C(C)(C)CCC2(C)C. The van der Waals surface area contributed by atoms with Gasteiger partial charge in [-0.1, -0.05) is 133 Å². The molecule has 5 heterocycles. The zero-order valence-corrected chi connectivity index (χ0v) is 36.6. The Balaban J connectivity index is 1.20. The summed E-state index contributed by atoms with van der Waals surface area (Å²) < 4.78 is 11.2. The van der Waals surface area contributed by atoms with Crippen LogP contribution in [0, 0.1) is 6.92 Å². The van der Waals surface area contributed by atoms with Gasteiger partial charge in [0.2, 0.25) is 0 Å². The molecule has 10 aromatic rings. The Kier molecular flexibility index (Phi) is 6.29. The molecule has 2 aliphatic carbocycles. The van der Waals surface area contributed by atoms with Gasteiger partial charge in [0.05, 0.1) is 4.83 Å². The van der Waals surface area contributed by atoms with E-state index in [2.05, 4.69) is 179 Å². The van der Waals surface area contributed by atoms with Crippen LogP contribution in [0.1, 0.15) is 82.2 Å². The van der Waals surface area contributed by atoms with Gasteiger partial charge >= 0.3 is 6.85 Å². The zero-order chi connectivity index (χ0) is 41.1. The molecule has 0 saturated heterocycles. The Morgan fingerprint density at radius 3 is 2.13 bits per heavy atom. The molecule has 4 aliphatic rings. The van der Waals surface area contributed by atoms with E-state index in [4.69, 9.17) is 4.42 Å². The van der Waals surface area contributed by atoms with Crippen molar-refractivity contribution < 1.29 is 4.42 Å². The highest BCUT2D eigenvalue weighted by Crippen LogP contribution is 2.56. The molecule has 5 heteroatoms. The molecule has 294 valence electrons. The number of thiophene rings is 1. The minimum Gasteiger partial charge on any atom is -0.455 e. The lowest BCUT2D eigenvalue weighted by Crippen LogP contribution is -2.57. The number of nitrogens with zero attached hydrogens (tertiary/aromatic N) is 2. The van der Waals surface area contributed by atoms with Crippen LogP contribution in [0.4, 0.5) is 17.1 Å². The molecular formula is C56H45BN2OS. The Morgan fingerprint density at radius 2 is 1.30 bits per heavy atom. The Bertz CT molecular complexity index is 3670. The molecule has 3 aromatic heterocycles. The van der Waals surface area contributed by atoms with Crippen molar-refractivity contribution in [1.29, 1.82) is 0 Å². The van der Waals surface area contributed by atoms with Gasteiger partial charge in [0.25, 0.3) is 0 Å². The molecule has 0 spiro atoms. The summed E-state index contributed by atoms with van der Waals surface area (Å²) >= 11 is 1.94. The molecule has 0 saturated carbocycles. The van der Waals surface area contributed by atoms with Crippen LogP contribution in [-0.2, 0) is 16.2 Å². The van der Waals surface area contributed by atoms with Crippen molar-refractivity contribution in [3.63, 3.8) is 0 Å². The number of furan rings is 1. The van der Waals surface area contributed by atoms with Crippen molar-refractivity contribution >= 4 is 99.3 Å². The first-order valence-corrected chi connectivity index (χ1v) is 22.9. The average molecular weight is 805 g/mol. The van der Waals surface area contributed by atoms with Crippen LogP contribution < -0.4 is 15.8 Å². The van der Waals surface area contributed by atoms with Crippen LogP contribution in [0.3, 0.4) is 0 Å². The highest BCUT2D eigenvalue weighted by Gasteiger charge is 2.48. The number of rotatable bonds is 1. The first-order valence-electron chi connectivity index (χ1n) is 22.1. The Morgan fingerprint density at radius 1 is 0.590 bits per heavy atom. The molecule has 0 radical (unpaired) electrons. The summed E-state index contributed by atoms with van der Waals surface area (Å²) in [6, 6.07) is 46.6. The predicted molar refractivity (Wildman–Crippen MR) is 260 cm³/mol. The number of aromatic nitrogens is 1. The van der Waals surface area contributed by atoms with Crippen LogP contribution in [0.15, 0.2) is 126 Å². The van der Waals surface area contributed by atoms with Gasteiger partial charge < -0.3 is 13.8 Å². The second-order valence-corrected chi connectivity index (χ2v) is 21.4. The number of benzene rings is 7. The average Bonchev–Trinajstić information content (AvgIpc) is 3.97. The van der Waals surface area contributed by atoms with E-state index < -0.39 is 0 Å². The van der Waals surface area contributed by atoms with Crippen LogP contribution in [-0.4, -0.2) is 11.3 Å². The number of aryl methyl sites for hydroxylation is 1. The summed E-state index contributed by atoms with van der Waals surface area (Å²) in [7, 11) is 0. The maximum Gasteiger partial charge on any atom is 0.333 e. The van der Waals surface area contributed by atoms with Crippen LogP contribution in [0.2, 0.25) is 0 Å². The zero-order valence-electron chi connectivity index (χ0n) is 35.7. The fourth-order valence-corrected chi connectivity index (χ4v) is 13.8. The molecule has 7 aromatic carbocycles. The second-order valence-electron chi connectivity index (χ2n) is 20.3. The summed E-state index contributed by atoms with van der Waals surface area (Å²) in [4.78, 5) is 4.02. The van der Waals surface area contributed by atoms with Gasteiger partial charge in [0.15, 0.2) is 0 Å². The molecule has 2 aliphatic heterocycles. The fourth-order valence-electron chi connectivity index (χ4n) is 12.5. The van der Waals surface area contributed by atoms with Crippen LogP contribution in [0.5, 0.6) is 0 Å². The van der Waals surface area contributed by atoms with Crippen molar-refractivity contribution in [2.75, 3.05) is 4.90 Å². The second kappa shape index (κ2) is 11.1. The quantitative estimate of drug-likeness (QED) is 0.154. The lowest BCUT2D eigenvalue weighted by molar-refractivity contribution is 0.332. The van der Waals surface area contributed by atoms with Gasteiger partial charge in [0.1, 0.15) is 11.2 Å². The monoisotopic (exact) mass is 804 g/mol. The van der Waals surface area contributed by atoms with Crippen molar-refractivity contribution in [3.8, 4) is 22.3 Å². The molecule has 0 unspecified atom stereocenters. The summed E-state index contributed by atoms with van der Waals surface area (Å²) in [5.74, 6) is 0. The molecular weight excluding hydrogens is 760 g/mol. The highest BCUT2D eigenvalue weighted by molar-refractivity contribution is 7.26. The van der Waals surface area contributed by atoms with Gasteiger partial charge in [0, 0.05) is 70.8 Å². The molecule has 0 amide bonds. The molecule has 14 rings (SSSR count). The third-order valence-electron chi connectivity index (χ3n) is 15.7.